The smallest absolute Gasteiger partial charge is 0.252 e. The Bertz CT molecular complexity index is 561. The third-order valence-corrected chi connectivity index (χ3v) is 3.35. The average Bonchev–Trinajstić information content (AvgIpc) is 2.73. The highest BCUT2D eigenvalue weighted by Gasteiger charge is 2.15. The molecule has 0 atom stereocenters. The van der Waals surface area contributed by atoms with Crippen LogP contribution in [-0.2, 0) is 0 Å². The Morgan fingerprint density at radius 1 is 1.33 bits per heavy atom. The van der Waals surface area contributed by atoms with Crippen molar-refractivity contribution in [3.05, 3.63) is 35.2 Å². The second-order valence-electron chi connectivity index (χ2n) is 3.71. The number of primary amides is 1. The number of amides is 1. The zero-order valence-corrected chi connectivity index (χ0v) is 10.8. The molecule has 1 heterocycles. The number of nitrogen functional groups attached to an aromatic ring is 1. The second kappa shape index (κ2) is 5.10. The Balaban J connectivity index is 2.40. The van der Waals surface area contributed by atoms with Gasteiger partial charge in [0.25, 0.3) is 5.91 Å². The van der Waals surface area contributed by atoms with E-state index >= 15 is 0 Å². The van der Waals surface area contributed by atoms with Gasteiger partial charge in [-0.25, -0.2) is 0 Å². The predicted octanol–water partition coefficient (Wildman–Crippen LogP) is 2.49. The van der Waals surface area contributed by atoms with Crippen LogP contribution in [-0.4, -0.2) is 12.5 Å². The predicted molar refractivity (Wildman–Crippen MR) is 73.9 cm³/mol. The van der Waals surface area contributed by atoms with E-state index in [9.17, 15) is 4.79 Å². The molecule has 1 amide bonds. The van der Waals surface area contributed by atoms with Gasteiger partial charge in [-0.1, -0.05) is 12.1 Å². The highest BCUT2D eigenvalue weighted by Crippen LogP contribution is 2.33. The zero-order chi connectivity index (χ0) is 13.1. The molecule has 0 fully saturated rings. The molecule has 5 heteroatoms. The van der Waals surface area contributed by atoms with Gasteiger partial charge in [-0.15, -0.1) is 11.3 Å². The topological polar surface area (TPSA) is 78.3 Å². The van der Waals surface area contributed by atoms with Gasteiger partial charge in [-0.05, 0) is 24.6 Å². The van der Waals surface area contributed by atoms with Crippen molar-refractivity contribution in [2.75, 3.05) is 12.3 Å². The molecule has 4 nitrogen and oxygen atoms in total. The van der Waals surface area contributed by atoms with Crippen molar-refractivity contribution < 1.29 is 9.53 Å². The van der Waals surface area contributed by atoms with Gasteiger partial charge in [0.2, 0.25) is 0 Å². The Morgan fingerprint density at radius 2 is 2.00 bits per heavy atom. The SMILES string of the molecule is CCOc1ccc(-c2csc(N)c2C(N)=O)cc1. The van der Waals surface area contributed by atoms with Crippen molar-refractivity contribution in [2.24, 2.45) is 5.73 Å². The highest BCUT2D eigenvalue weighted by atomic mass is 32.1. The fourth-order valence-electron chi connectivity index (χ4n) is 1.74. The van der Waals surface area contributed by atoms with E-state index in [2.05, 4.69) is 0 Å². The lowest BCUT2D eigenvalue weighted by Crippen LogP contribution is -2.12. The fourth-order valence-corrected chi connectivity index (χ4v) is 2.56. The average molecular weight is 262 g/mol. The number of anilines is 1. The molecule has 0 spiro atoms. The number of rotatable bonds is 4. The molecule has 0 aliphatic rings. The summed E-state index contributed by atoms with van der Waals surface area (Å²) in [6.07, 6.45) is 0. The summed E-state index contributed by atoms with van der Waals surface area (Å²) in [5, 5.41) is 2.29. The van der Waals surface area contributed by atoms with Crippen LogP contribution >= 0.6 is 11.3 Å². The lowest BCUT2D eigenvalue weighted by molar-refractivity contribution is 0.100. The minimum atomic E-state index is -0.502. The number of hydrogen-bond acceptors (Lipinski definition) is 4. The van der Waals surface area contributed by atoms with Crippen molar-refractivity contribution in [1.29, 1.82) is 0 Å². The third-order valence-electron chi connectivity index (χ3n) is 2.54. The summed E-state index contributed by atoms with van der Waals surface area (Å²) in [7, 11) is 0. The first-order chi connectivity index (χ1) is 8.63. The first kappa shape index (κ1) is 12.4. The maximum Gasteiger partial charge on any atom is 0.252 e. The minimum absolute atomic E-state index is 0.393. The van der Waals surface area contributed by atoms with Gasteiger partial charge in [-0.2, -0.15) is 0 Å². The Hall–Kier alpha value is -2.01. The van der Waals surface area contributed by atoms with Gasteiger partial charge in [0.1, 0.15) is 5.75 Å². The van der Waals surface area contributed by atoms with E-state index in [0.717, 1.165) is 16.9 Å². The van der Waals surface area contributed by atoms with Crippen LogP contribution in [0.5, 0.6) is 5.75 Å². The molecule has 2 rings (SSSR count). The van der Waals surface area contributed by atoms with Crippen LogP contribution in [0.15, 0.2) is 29.6 Å². The number of hydrogen-bond donors (Lipinski definition) is 2. The molecule has 0 bridgehead atoms. The van der Waals surface area contributed by atoms with E-state index in [1.54, 1.807) is 0 Å². The van der Waals surface area contributed by atoms with Crippen LogP contribution in [0.3, 0.4) is 0 Å². The van der Waals surface area contributed by atoms with Gasteiger partial charge < -0.3 is 16.2 Å². The summed E-state index contributed by atoms with van der Waals surface area (Å²) in [6.45, 7) is 2.55. The maximum absolute atomic E-state index is 11.4. The zero-order valence-electron chi connectivity index (χ0n) is 9.97. The molecule has 1 aromatic carbocycles. The van der Waals surface area contributed by atoms with Crippen molar-refractivity contribution >= 4 is 22.2 Å². The van der Waals surface area contributed by atoms with Crippen LogP contribution in [0, 0.1) is 0 Å². The van der Waals surface area contributed by atoms with Crippen LogP contribution < -0.4 is 16.2 Å². The largest absolute Gasteiger partial charge is 0.494 e. The molecule has 94 valence electrons. The third kappa shape index (κ3) is 2.31. The molecule has 2 aromatic rings. The minimum Gasteiger partial charge on any atom is -0.494 e. The maximum atomic E-state index is 11.4. The number of carbonyl (C=O) groups excluding carboxylic acids is 1. The van der Waals surface area contributed by atoms with Crippen molar-refractivity contribution in [1.82, 2.24) is 0 Å². The lowest BCUT2D eigenvalue weighted by atomic mass is 10.0. The van der Waals surface area contributed by atoms with E-state index < -0.39 is 5.91 Å². The molecule has 4 N–H and O–H groups in total. The summed E-state index contributed by atoms with van der Waals surface area (Å²) in [6, 6.07) is 7.49. The van der Waals surface area contributed by atoms with Crippen LogP contribution in [0.25, 0.3) is 11.1 Å². The van der Waals surface area contributed by atoms with Gasteiger partial charge in [0.15, 0.2) is 0 Å². The summed E-state index contributed by atoms with van der Waals surface area (Å²) >= 11 is 1.31. The Labute approximate surface area is 109 Å². The number of benzene rings is 1. The molecule has 0 radical (unpaired) electrons. The van der Waals surface area contributed by atoms with Crippen molar-refractivity contribution in [3.8, 4) is 16.9 Å². The fraction of sp³-hybridized carbons (Fsp3) is 0.154. The van der Waals surface area contributed by atoms with Gasteiger partial charge in [-0.3, -0.25) is 4.79 Å². The van der Waals surface area contributed by atoms with E-state index in [1.165, 1.54) is 11.3 Å². The molecular weight excluding hydrogens is 248 g/mol. The summed E-state index contributed by atoms with van der Waals surface area (Å²) in [5.74, 6) is 0.294. The van der Waals surface area contributed by atoms with Crippen LogP contribution in [0.2, 0.25) is 0 Å². The molecular formula is C13H14N2O2S. The van der Waals surface area contributed by atoms with E-state index in [1.807, 2.05) is 36.6 Å². The normalized spacial score (nSPS) is 10.3. The molecule has 18 heavy (non-hydrogen) atoms. The lowest BCUT2D eigenvalue weighted by Gasteiger charge is -2.05. The van der Waals surface area contributed by atoms with Gasteiger partial charge in [0, 0.05) is 10.9 Å². The summed E-state index contributed by atoms with van der Waals surface area (Å²) in [4.78, 5) is 11.4. The number of thiophene rings is 1. The van der Waals surface area contributed by atoms with E-state index in [-0.39, 0.29) is 0 Å². The van der Waals surface area contributed by atoms with E-state index in [0.29, 0.717) is 17.2 Å². The molecule has 0 saturated heterocycles. The number of ether oxygens (including phenoxy) is 1. The summed E-state index contributed by atoms with van der Waals surface area (Å²) < 4.78 is 5.37. The quantitative estimate of drug-likeness (QED) is 0.888. The number of nitrogens with two attached hydrogens (primary N) is 2. The summed E-state index contributed by atoms with van der Waals surface area (Å²) in [5.41, 5.74) is 13.2. The molecule has 0 aliphatic heterocycles. The second-order valence-corrected chi connectivity index (χ2v) is 4.62. The Kier molecular flexibility index (Phi) is 3.53. The van der Waals surface area contributed by atoms with Crippen LogP contribution in [0.4, 0.5) is 5.00 Å². The molecule has 0 unspecified atom stereocenters. The first-order valence-corrected chi connectivity index (χ1v) is 6.41. The Morgan fingerprint density at radius 3 is 2.56 bits per heavy atom. The standard InChI is InChI=1S/C13H14N2O2S/c1-2-17-9-5-3-8(4-6-9)10-7-18-13(15)11(10)12(14)16/h3-7H,2,15H2,1H3,(H2,14,16). The van der Waals surface area contributed by atoms with Crippen molar-refractivity contribution in [3.63, 3.8) is 0 Å². The molecule has 1 aromatic heterocycles. The van der Waals surface area contributed by atoms with Crippen molar-refractivity contribution in [2.45, 2.75) is 6.92 Å². The monoisotopic (exact) mass is 262 g/mol. The number of carbonyl (C=O) groups is 1. The van der Waals surface area contributed by atoms with Gasteiger partial charge in [0.05, 0.1) is 17.2 Å². The van der Waals surface area contributed by atoms with Crippen LogP contribution in [0.1, 0.15) is 17.3 Å². The van der Waals surface area contributed by atoms with E-state index in [4.69, 9.17) is 16.2 Å². The molecule has 0 aliphatic carbocycles. The highest BCUT2D eigenvalue weighted by molar-refractivity contribution is 7.15. The first-order valence-electron chi connectivity index (χ1n) is 5.53. The van der Waals surface area contributed by atoms with Gasteiger partial charge >= 0.3 is 0 Å². The molecule has 0 saturated carbocycles.